The lowest BCUT2D eigenvalue weighted by Crippen LogP contribution is -2.25. The highest BCUT2D eigenvalue weighted by Crippen LogP contribution is 2.17. The third-order valence-corrected chi connectivity index (χ3v) is 3.81. The first kappa shape index (κ1) is 15.9. The zero-order valence-corrected chi connectivity index (χ0v) is 13.5. The van der Waals surface area contributed by atoms with E-state index >= 15 is 0 Å². The van der Waals surface area contributed by atoms with Crippen LogP contribution in [-0.4, -0.2) is 27.0 Å². The molecule has 0 aliphatic heterocycles. The number of para-hydroxylation sites is 2. The molecule has 0 saturated heterocycles. The molecule has 1 aromatic carbocycles. The van der Waals surface area contributed by atoms with E-state index in [-0.39, 0.29) is 5.91 Å². The lowest BCUT2D eigenvalue weighted by atomic mass is 10.2. The van der Waals surface area contributed by atoms with Crippen molar-refractivity contribution >= 4 is 16.9 Å². The van der Waals surface area contributed by atoms with Crippen LogP contribution in [0.1, 0.15) is 22.7 Å². The molecular formula is C19H20N4O. The predicted octanol–water partition coefficient (Wildman–Crippen LogP) is 2.98. The zero-order chi connectivity index (χ0) is 16.8. The smallest absolute Gasteiger partial charge is 0.269 e. The number of nitrogens with one attached hydrogen (secondary N) is 1. The molecule has 2 heterocycles. The van der Waals surface area contributed by atoms with Gasteiger partial charge in [-0.1, -0.05) is 24.3 Å². The summed E-state index contributed by atoms with van der Waals surface area (Å²) in [5.74, 6) is 0.873. The first-order chi connectivity index (χ1) is 11.8. The van der Waals surface area contributed by atoms with E-state index in [1.807, 2.05) is 24.3 Å². The number of carbonyl (C=O) groups is 1. The van der Waals surface area contributed by atoms with Crippen LogP contribution in [0.3, 0.4) is 0 Å². The van der Waals surface area contributed by atoms with Gasteiger partial charge in [0.1, 0.15) is 11.5 Å². The van der Waals surface area contributed by atoms with E-state index in [0.29, 0.717) is 12.2 Å². The van der Waals surface area contributed by atoms with Gasteiger partial charge in [0.2, 0.25) is 0 Å². The summed E-state index contributed by atoms with van der Waals surface area (Å²) in [6.45, 7) is 5.15. The van der Waals surface area contributed by atoms with Crippen molar-refractivity contribution in [3.8, 4) is 0 Å². The summed E-state index contributed by atoms with van der Waals surface area (Å²) in [5.41, 5.74) is 2.55. The Kier molecular flexibility index (Phi) is 5.01. The number of aryl methyl sites for hydroxylation is 1. The molecule has 2 aromatic heterocycles. The fourth-order valence-corrected chi connectivity index (χ4v) is 2.69. The van der Waals surface area contributed by atoms with Crippen LogP contribution in [0.15, 0.2) is 61.3 Å². The molecule has 122 valence electrons. The van der Waals surface area contributed by atoms with Crippen molar-refractivity contribution in [1.82, 2.24) is 19.9 Å². The van der Waals surface area contributed by atoms with Gasteiger partial charge in [0, 0.05) is 25.7 Å². The van der Waals surface area contributed by atoms with E-state index in [4.69, 9.17) is 4.98 Å². The van der Waals surface area contributed by atoms with E-state index in [0.717, 1.165) is 36.2 Å². The predicted molar refractivity (Wildman–Crippen MR) is 94.8 cm³/mol. The first-order valence-electron chi connectivity index (χ1n) is 8.04. The SMILES string of the molecule is C=CCn1c(CCCNC(=O)c2ccccn2)nc2ccccc21. The third-order valence-electron chi connectivity index (χ3n) is 3.81. The van der Waals surface area contributed by atoms with Gasteiger partial charge in [-0.3, -0.25) is 9.78 Å². The summed E-state index contributed by atoms with van der Waals surface area (Å²) in [6.07, 6.45) is 5.11. The molecule has 0 unspecified atom stereocenters. The first-order valence-corrected chi connectivity index (χ1v) is 8.04. The van der Waals surface area contributed by atoms with Crippen LogP contribution in [-0.2, 0) is 13.0 Å². The molecule has 0 aliphatic rings. The molecule has 0 saturated carbocycles. The minimum absolute atomic E-state index is 0.143. The lowest BCUT2D eigenvalue weighted by molar-refractivity contribution is 0.0948. The molecule has 3 aromatic rings. The number of nitrogens with zero attached hydrogens (tertiary/aromatic N) is 3. The number of benzene rings is 1. The molecule has 1 amide bonds. The Morgan fingerprint density at radius 2 is 2.04 bits per heavy atom. The molecule has 3 rings (SSSR count). The molecule has 1 N–H and O–H groups in total. The van der Waals surface area contributed by atoms with Crippen molar-refractivity contribution in [3.63, 3.8) is 0 Å². The normalized spacial score (nSPS) is 10.7. The molecule has 0 aliphatic carbocycles. The van der Waals surface area contributed by atoms with E-state index in [2.05, 4.69) is 27.5 Å². The lowest BCUT2D eigenvalue weighted by Gasteiger charge is -2.07. The number of fused-ring (bicyclic) bond motifs is 1. The van der Waals surface area contributed by atoms with Gasteiger partial charge < -0.3 is 9.88 Å². The average Bonchev–Trinajstić information content (AvgIpc) is 2.97. The van der Waals surface area contributed by atoms with E-state index in [1.165, 1.54) is 0 Å². The summed E-state index contributed by atoms with van der Waals surface area (Å²) in [7, 11) is 0. The topological polar surface area (TPSA) is 59.8 Å². The van der Waals surface area contributed by atoms with E-state index < -0.39 is 0 Å². The molecule has 0 spiro atoms. The summed E-state index contributed by atoms with van der Waals surface area (Å²) < 4.78 is 2.17. The second-order valence-electron chi connectivity index (χ2n) is 5.49. The van der Waals surface area contributed by atoms with Crippen LogP contribution in [0.5, 0.6) is 0 Å². The van der Waals surface area contributed by atoms with Gasteiger partial charge >= 0.3 is 0 Å². The molecule has 0 bridgehead atoms. The van der Waals surface area contributed by atoms with Crippen molar-refractivity contribution in [2.75, 3.05) is 6.54 Å². The van der Waals surface area contributed by atoms with E-state index in [9.17, 15) is 4.79 Å². The maximum Gasteiger partial charge on any atom is 0.269 e. The Labute approximate surface area is 141 Å². The number of carbonyl (C=O) groups excluding carboxylic acids is 1. The van der Waals surface area contributed by atoms with Crippen molar-refractivity contribution < 1.29 is 4.79 Å². The van der Waals surface area contributed by atoms with Gasteiger partial charge in [-0.25, -0.2) is 4.98 Å². The third kappa shape index (κ3) is 3.51. The summed E-state index contributed by atoms with van der Waals surface area (Å²) in [6, 6.07) is 13.4. The fourth-order valence-electron chi connectivity index (χ4n) is 2.69. The molecular weight excluding hydrogens is 300 g/mol. The highest BCUT2D eigenvalue weighted by atomic mass is 16.1. The van der Waals surface area contributed by atoms with Crippen LogP contribution in [0.4, 0.5) is 0 Å². The number of allylic oxidation sites excluding steroid dienone is 1. The standard InChI is InChI=1S/C19H20N4O/c1-2-14-23-17-10-4-3-8-15(17)22-18(23)11-7-13-21-19(24)16-9-5-6-12-20-16/h2-6,8-10,12H,1,7,11,13-14H2,(H,21,24). The summed E-state index contributed by atoms with van der Waals surface area (Å²) in [4.78, 5) is 20.7. The Balaban J connectivity index is 1.60. The highest BCUT2D eigenvalue weighted by Gasteiger charge is 2.10. The van der Waals surface area contributed by atoms with Gasteiger partial charge in [-0.2, -0.15) is 0 Å². The Morgan fingerprint density at radius 1 is 1.21 bits per heavy atom. The zero-order valence-electron chi connectivity index (χ0n) is 13.5. The van der Waals surface area contributed by atoms with Gasteiger partial charge in [0.15, 0.2) is 0 Å². The van der Waals surface area contributed by atoms with Crippen LogP contribution < -0.4 is 5.32 Å². The molecule has 0 fully saturated rings. The number of imidazole rings is 1. The molecule has 5 heteroatoms. The van der Waals surface area contributed by atoms with Crippen LogP contribution >= 0.6 is 0 Å². The average molecular weight is 320 g/mol. The molecule has 24 heavy (non-hydrogen) atoms. The monoisotopic (exact) mass is 320 g/mol. The van der Waals surface area contributed by atoms with Gasteiger partial charge in [0.05, 0.1) is 11.0 Å². The maximum absolute atomic E-state index is 12.0. The second-order valence-corrected chi connectivity index (χ2v) is 5.49. The summed E-state index contributed by atoms with van der Waals surface area (Å²) >= 11 is 0. The number of hydrogen-bond acceptors (Lipinski definition) is 3. The van der Waals surface area contributed by atoms with Crippen molar-refractivity contribution in [1.29, 1.82) is 0 Å². The Morgan fingerprint density at radius 3 is 2.83 bits per heavy atom. The van der Waals surface area contributed by atoms with Gasteiger partial charge in [-0.15, -0.1) is 6.58 Å². The van der Waals surface area contributed by atoms with Crippen molar-refractivity contribution in [2.45, 2.75) is 19.4 Å². The maximum atomic E-state index is 12.0. The van der Waals surface area contributed by atoms with Gasteiger partial charge in [-0.05, 0) is 30.7 Å². The van der Waals surface area contributed by atoms with Crippen LogP contribution in [0.25, 0.3) is 11.0 Å². The minimum Gasteiger partial charge on any atom is -0.351 e. The number of pyridine rings is 1. The Bertz CT molecular complexity index is 839. The molecule has 0 atom stereocenters. The van der Waals surface area contributed by atoms with Crippen molar-refractivity contribution in [2.24, 2.45) is 0 Å². The quantitative estimate of drug-likeness (QED) is 0.538. The summed E-state index contributed by atoms with van der Waals surface area (Å²) in [5, 5.41) is 2.90. The fraction of sp³-hybridized carbons (Fsp3) is 0.211. The molecule has 0 radical (unpaired) electrons. The van der Waals surface area contributed by atoms with E-state index in [1.54, 1.807) is 24.4 Å². The number of amides is 1. The van der Waals surface area contributed by atoms with Crippen LogP contribution in [0, 0.1) is 0 Å². The highest BCUT2D eigenvalue weighted by molar-refractivity contribution is 5.92. The number of aromatic nitrogens is 3. The van der Waals surface area contributed by atoms with Gasteiger partial charge in [0.25, 0.3) is 5.91 Å². The van der Waals surface area contributed by atoms with Crippen LogP contribution in [0.2, 0.25) is 0 Å². The minimum atomic E-state index is -0.143. The molecule has 5 nitrogen and oxygen atoms in total. The number of rotatable bonds is 7. The number of hydrogen-bond donors (Lipinski definition) is 1. The van der Waals surface area contributed by atoms with Crippen molar-refractivity contribution in [3.05, 3.63) is 72.8 Å². The largest absolute Gasteiger partial charge is 0.351 e. The Hall–Kier alpha value is -2.95. The second kappa shape index (κ2) is 7.55.